The van der Waals surface area contributed by atoms with E-state index in [2.05, 4.69) is 52.9 Å². The highest BCUT2D eigenvalue weighted by atomic mass is 127. The van der Waals surface area contributed by atoms with Crippen LogP contribution in [0.5, 0.6) is 0 Å². The smallest absolute Gasteiger partial charge is 0.459 e. The number of nitrogens with zero attached hydrogens (tertiary/aromatic N) is 4. The van der Waals surface area contributed by atoms with Crippen molar-refractivity contribution in [2.75, 3.05) is 21.8 Å². The van der Waals surface area contributed by atoms with E-state index in [0.717, 1.165) is 0 Å². The fraction of sp³-hybridized carbons (Fsp3) is 0.471. The number of alkyl halides is 3. The highest BCUT2D eigenvalue weighted by Crippen LogP contribution is 2.28. The molecule has 29 heavy (non-hydrogen) atoms. The first kappa shape index (κ1) is 21.6. The molecule has 3 rings (SSSR count). The van der Waals surface area contributed by atoms with Crippen LogP contribution in [0.15, 0.2) is 29.3 Å². The zero-order chi connectivity index (χ0) is 21.0. The van der Waals surface area contributed by atoms with Gasteiger partial charge in [0.25, 0.3) is 0 Å². The average molecular weight is 522 g/mol. The number of fused-ring (bicyclic) bond motifs is 1. The van der Waals surface area contributed by atoms with Crippen LogP contribution in [0, 0.1) is 0 Å². The van der Waals surface area contributed by atoms with Crippen LogP contribution in [-0.2, 0) is 9.47 Å². The fourth-order valence-corrected chi connectivity index (χ4v) is 2.93. The Labute approximate surface area is 179 Å². The minimum absolute atomic E-state index is 0.151. The lowest BCUT2D eigenvalue weighted by Crippen LogP contribution is -2.33. The predicted molar refractivity (Wildman–Crippen MR) is 112 cm³/mol. The van der Waals surface area contributed by atoms with Crippen LogP contribution in [0.2, 0.25) is 0 Å². The number of hydrogen-bond acceptors (Lipinski definition) is 8. The molecule has 0 amide bonds. The summed E-state index contributed by atoms with van der Waals surface area (Å²) in [5.74, 6) is 1.36. The summed E-state index contributed by atoms with van der Waals surface area (Å²) >= 11 is 2.15. The molecule has 0 radical (unpaired) electrons. The molecule has 0 aliphatic rings. The molecule has 0 fully saturated rings. The van der Waals surface area contributed by atoms with Crippen molar-refractivity contribution in [3.8, 4) is 0 Å². The molecule has 9 nitrogen and oxygen atoms in total. The highest BCUT2D eigenvalue weighted by molar-refractivity contribution is 14.1. The monoisotopic (exact) mass is 522 g/mol. The summed E-state index contributed by atoms with van der Waals surface area (Å²) in [7, 11) is 0. The van der Waals surface area contributed by atoms with Crippen LogP contribution in [0.3, 0.4) is 0 Å². The number of anilines is 3. The van der Waals surface area contributed by atoms with Crippen LogP contribution in [0.1, 0.15) is 26.8 Å². The van der Waals surface area contributed by atoms with Gasteiger partial charge < -0.3 is 19.6 Å². The molecule has 3 aromatic heterocycles. The molecule has 0 aliphatic heterocycles. The van der Waals surface area contributed by atoms with E-state index in [1.165, 1.54) is 19.5 Å². The van der Waals surface area contributed by atoms with E-state index < -0.39 is 18.4 Å². The number of rotatable bonds is 10. The van der Waals surface area contributed by atoms with Gasteiger partial charge in [-0.15, -0.1) is 8.78 Å². The van der Waals surface area contributed by atoms with Crippen molar-refractivity contribution >= 4 is 51.3 Å². The molecule has 12 heteroatoms. The fourth-order valence-electron chi connectivity index (χ4n) is 2.59. The van der Waals surface area contributed by atoms with Crippen LogP contribution in [0.4, 0.5) is 26.4 Å². The number of hydrogen-bond donors (Lipinski definition) is 2. The van der Waals surface area contributed by atoms with E-state index in [1.807, 2.05) is 0 Å². The van der Waals surface area contributed by atoms with E-state index in [9.17, 15) is 8.78 Å². The lowest BCUT2D eigenvalue weighted by Gasteiger charge is -2.25. The Hall–Kier alpha value is -2.06. The Morgan fingerprint density at radius 1 is 1.34 bits per heavy atom. The predicted octanol–water partition coefficient (Wildman–Crippen LogP) is 4.52. The number of furan rings is 1. The molecule has 2 atom stereocenters. The molecule has 0 aliphatic carbocycles. The van der Waals surface area contributed by atoms with Gasteiger partial charge in [-0.1, -0.05) is 22.6 Å². The van der Waals surface area contributed by atoms with Gasteiger partial charge >= 0.3 is 6.29 Å². The van der Waals surface area contributed by atoms with Crippen molar-refractivity contribution in [3.05, 3.63) is 24.9 Å². The summed E-state index contributed by atoms with van der Waals surface area (Å²) in [4.78, 5) is 13.0. The molecule has 158 valence electrons. The van der Waals surface area contributed by atoms with Crippen LogP contribution in [-0.4, -0.2) is 43.1 Å². The number of aromatic nitrogens is 4. The third-order valence-electron chi connectivity index (χ3n) is 4.16. The van der Waals surface area contributed by atoms with Crippen LogP contribution >= 0.6 is 22.6 Å². The molecular weight excluding hydrogens is 501 g/mol. The Kier molecular flexibility index (Phi) is 6.85. The Balaban J connectivity index is 1.75. The van der Waals surface area contributed by atoms with Gasteiger partial charge in [0.05, 0.1) is 35.9 Å². The average Bonchev–Trinajstić information content (AvgIpc) is 3.30. The molecule has 3 heterocycles. The number of imidazole rings is 1. The first-order chi connectivity index (χ1) is 13.8. The lowest BCUT2D eigenvalue weighted by atomic mass is 10.2. The van der Waals surface area contributed by atoms with Gasteiger partial charge in [0.2, 0.25) is 5.95 Å². The van der Waals surface area contributed by atoms with Crippen LogP contribution in [0.25, 0.3) is 11.1 Å². The van der Waals surface area contributed by atoms with Gasteiger partial charge in [0.1, 0.15) is 11.3 Å². The van der Waals surface area contributed by atoms with E-state index >= 15 is 0 Å². The maximum absolute atomic E-state index is 13.5. The molecule has 3 aromatic rings. The van der Waals surface area contributed by atoms with Gasteiger partial charge in [-0.3, -0.25) is 9.47 Å². The van der Waals surface area contributed by atoms with E-state index in [-0.39, 0.29) is 6.61 Å². The number of ether oxygens (including phenoxy) is 2. The van der Waals surface area contributed by atoms with Gasteiger partial charge in [0, 0.05) is 12.3 Å². The molecule has 0 spiro atoms. The second kappa shape index (κ2) is 9.17. The van der Waals surface area contributed by atoms with Gasteiger partial charge in [0.15, 0.2) is 11.4 Å². The van der Waals surface area contributed by atoms with Gasteiger partial charge in [-0.2, -0.15) is 4.98 Å². The summed E-state index contributed by atoms with van der Waals surface area (Å²) in [6, 6.07) is 1.31. The highest BCUT2D eigenvalue weighted by Gasteiger charge is 2.35. The van der Waals surface area contributed by atoms with Crippen molar-refractivity contribution in [3.63, 3.8) is 0 Å². The normalized spacial score (nSPS) is 14.1. The van der Waals surface area contributed by atoms with Gasteiger partial charge in [-0.25, -0.2) is 9.97 Å². The Bertz CT molecular complexity index is 950. The minimum atomic E-state index is -3.64. The van der Waals surface area contributed by atoms with Crippen LogP contribution < -0.4 is 10.6 Å². The SMILES string of the molecule is CCOC(F)(F)O[C@H](C)C(C)n1cnc(Nc2nc(NCI)nc3ccoc23)c1. The van der Waals surface area contributed by atoms with Crippen molar-refractivity contribution in [2.45, 2.75) is 39.2 Å². The summed E-state index contributed by atoms with van der Waals surface area (Å²) in [5, 5.41) is 6.13. The first-order valence-corrected chi connectivity index (χ1v) is 10.4. The quantitative estimate of drug-likeness (QED) is 0.174. The zero-order valence-electron chi connectivity index (χ0n) is 16.0. The minimum Gasteiger partial charge on any atom is -0.459 e. The third-order valence-corrected chi connectivity index (χ3v) is 4.54. The number of nitrogens with one attached hydrogen (secondary N) is 2. The molecule has 2 N–H and O–H groups in total. The van der Waals surface area contributed by atoms with Crippen molar-refractivity contribution in [1.29, 1.82) is 0 Å². The van der Waals surface area contributed by atoms with E-state index in [4.69, 9.17) is 9.15 Å². The summed E-state index contributed by atoms with van der Waals surface area (Å²) < 4.78 is 43.9. The van der Waals surface area contributed by atoms with Crippen molar-refractivity contribution in [1.82, 2.24) is 19.5 Å². The maximum atomic E-state index is 13.5. The second-order valence-corrected chi connectivity index (χ2v) is 6.90. The molecular formula is C17H21F2IN6O3. The molecule has 0 saturated carbocycles. The van der Waals surface area contributed by atoms with E-state index in [0.29, 0.717) is 33.2 Å². The summed E-state index contributed by atoms with van der Waals surface area (Å²) in [6.45, 7) is 4.62. The summed E-state index contributed by atoms with van der Waals surface area (Å²) in [6.07, 6.45) is 0.255. The Morgan fingerprint density at radius 2 is 2.14 bits per heavy atom. The number of halogens is 3. The Morgan fingerprint density at radius 3 is 2.86 bits per heavy atom. The standard InChI is InChI=1S/C17H21F2IN6O3/c1-4-28-17(18,19)29-11(3)10(2)26-7-13(22-9-26)24-15-14-12(5-6-27-14)23-16(25-15)21-8-20/h5-7,9-11H,4,8H2,1-3H3,(H2,21,23,24,25)/t10?,11-/m1/s1. The molecule has 1 unspecified atom stereocenters. The van der Waals surface area contributed by atoms with Crippen molar-refractivity contribution in [2.24, 2.45) is 0 Å². The topological polar surface area (TPSA) is 99.3 Å². The maximum Gasteiger partial charge on any atom is 0.485 e. The summed E-state index contributed by atoms with van der Waals surface area (Å²) in [5.41, 5.74) is 1.13. The van der Waals surface area contributed by atoms with Crippen molar-refractivity contribution < 1.29 is 22.7 Å². The molecule has 0 bridgehead atoms. The second-order valence-electron chi connectivity index (χ2n) is 6.13. The molecule has 0 saturated heterocycles. The molecule has 0 aromatic carbocycles. The van der Waals surface area contributed by atoms with Gasteiger partial charge in [-0.05, 0) is 20.8 Å². The third kappa shape index (κ3) is 5.30. The zero-order valence-corrected chi connectivity index (χ0v) is 18.2. The largest absolute Gasteiger partial charge is 0.485 e. The van der Waals surface area contributed by atoms with E-state index in [1.54, 1.807) is 30.7 Å². The lowest BCUT2D eigenvalue weighted by molar-refractivity contribution is -0.405. The first-order valence-electron chi connectivity index (χ1n) is 8.88.